The number of ether oxygens (including phenoxy) is 1. The highest BCUT2D eigenvalue weighted by molar-refractivity contribution is 5.80. The number of nitrogens with two attached hydrogens (primary N) is 1. The van der Waals surface area contributed by atoms with E-state index in [0.29, 0.717) is 11.1 Å². The first-order valence-electron chi connectivity index (χ1n) is 6.16. The number of hydrogen-bond donors (Lipinski definition) is 1. The molecule has 22 heavy (non-hydrogen) atoms. The molecule has 0 unspecified atom stereocenters. The molecule has 6 nitrogen and oxygen atoms in total. The standard InChI is InChI=1S/C13H10F3N5O/c1-7-2-3-8(10(4-7)22-13(14,15)16)11-9-5-18-6-21(9)12(17)20-19-11/h2-6H,1H3,(H2,17,20). The molecule has 0 spiro atoms. The molecule has 0 saturated carbocycles. The monoisotopic (exact) mass is 309 g/mol. The number of imidazole rings is 1. The number of anilines is 1. The molecule has 0 aliphatic rings. The van der Waals surface area contributed by atoms with Crippen LogP contribution in [0.3, 0.4) is 0 Å². The molecular weight excluding hydrogens is 299 g/mol. The van der Waals surface area contributed by atoms with Crippen LogP contribution in [0, 0.1) is 6.92 Å². The highest BCUT2D eigenvalue weighted by Crippen LogP contribution is 2.35. The first-order valence-corrected chi connectivity index (χ1v) is 6.16. The van der Waals surface area contributed by atoms with Crippen molar-refractivity contribution in [2.45, 2.75) is 13.3 Å². The van der Waals surface area contributed by atoms with Crippen molar-refractivity contribution < 1.29 is 17.9 Å². The molecule has 2 heterocycles. The largest absolute Gasteiger partial charge is 0.573 e. The normalized spacial score (nSPS) is 11.8. The van der Waals surface area contributed by atoms with E-state index in [9.17, 15) is 13.2 Å². The number of benzene rings is 1. The first kappa shape index (κ1) is 14.1. The van der Waals surface area contributed by atoms with Crippen molar-refractivity contribution in [2.75, 3.05) is 5.73 Å². The number of nitrogens with zero attached hydrogens (tertiary/aromatic N) is 4. The van der Waals surface area contributed by atoms with E-state index in [1.807, 2.05) is 0 Å². The topological polar surface area (TPSA) is 78.3 Å². The van der Waals surface area contributed by atoms with E-state index in [4.69, 9.17) is 5.73 Å². The van der Waals surface area contributed by atoms with E-state index in [2.05, 4.69) is 19.9 Å². The molecule has 2 aromatic heterocycles. The summed E-state index contributed by atoms with van der Waals surface area (Å²) in [5, 5.41) is 7.62. The third kappa shape index (κ3) is 2.52. The maximum atomic E-state index is 12.6. The quantitative estimate of drug-likeness (QED) is 0.787. The zero-order valence-corrected chi connectivity index (χ0v) is 11.3. The Balaban J connectivity index is 2.22. The molecule has 9 heteroatoms. The van der Waals surface area contributed by atoms with Gasteiger partial charge in [-0.25, -0.2) is 4.98 Å². The molecule has 2 N–H and O–H groups in total. The van der Waals surface area contributed by atoms with Gasteiger partial charge in [0.2, 0.25) is 5.95 Å². The summed E-state index contributed by atoms with van der Waals surface area (Å²) in [5.74, 6) is -0.267. The van der Waals surface area contributed by atoms with Crippen LogP contribution in [0.25, 0.3) is 16.8 Å². The van der Waals surface area contributed by atoms with Crippen LogP contribution in [0.5, 0.6) is 5.75 Å². The molecule has 0 aliphatic heterocycles. The van der Waals surface area contributed by atoms with Gasteiger partial charge < -0.3 is 10.5 Å². The zero-order valence-electron chi connectivity index (χ0n) is 11.3. The summed E-state index contributed by atoms with van der Waals surface area (Å²) >= 11 is 0. The van der Waals surface area contributed by atoms with Crippen LogP contribution in [-0.4, -0.2) is 25.9 Å². The average molecular weight is 309 g/mol. The Kier molecular flexibility index (Phi) is 3.12. The average Bonchev–Trinajstić information content (AvgIpc) is 2.89. The van der Waals surface area contributed by atoms with Crippen molar-refractivity contribution in [3.8, 4) is 17.0 Å². The van der Waals surface area contributed by atoms with Gasteiger partial charge in [0.15, 0.2) is 0 Å². The molecular formula is C13H10F3N5O. The molecule has 0 radical (unpaired) electrons. The van der Waals surface area contributed by atoms with Crippen LogP contribution in [-0.2, 0) is 0 Å². The fraction of sp³-hybridized carbons (Fsp3) is 0.154. The third-order valence-corrected chi connectivity index (χ3v) is 3.00. The van der Waals surface area contributed by atoms with Crippen LogP contribution in [0.1, 0.15) is 5.56 Å². The molecule has 0 aliphatic carbocycles. The molecule has 1 aromatic carbocycles. The number of aryl methyl sites for hydroxylation is 1. The van der Waals surface area contributed by atoms with E-state index >= 15 is 0 Å². The molecule has 0 atom stereocenters. The lowest BCUT2D eigenvalue weighted by Gasteiger charge is -2.14. The Hall–Kier alpha value is -2.84. The Labute approximate surface area is 122 Å². The lowest BCUT2D eigenvalue weighted by Crippen LogP contribution is -2.18. The first-order chi connectivity index (χ1) is 10.3. The van der Waals surface area contributed by atoms with E-state index in [1.54, 1.807) is 13.0 Å². The third-order valence-electron chi connectivity index (χ3n) is 3.00. The molecule has 0 saturated heterocycles. The van der Waals surface area contributed by atoms with Gasteiger partial charge in [0.05, 0.1) is 11.7 Å². The van der Waals surface area contributed by atoms with Crippen molar-refractivity contribution in [1.29, 1.82) is 0 Å². The van der Waals surface area contributed by atoms with E-state index < -0.39 is 6.36 Å². The minimum Gasteiger partial charge on any atom is -0.405 e. The second-order valence-corrected chi connectivity index (χ2v) is 4.60. The number of rotatable bonds is 2. The number of aromatic nitrogens is 4. The number of hydrogen-bond acceptors (Lipinski definition) is 5. The van der Waals surface area contributed by atoms with Crippen LogP contribution in [0.2, 0.25) is 0 Å². The van der Waals surface area contributed by atoms with Crippen LogP contribution >= 0.6 is 0 Å². The van der Waals surface area contributed by atoms with Gasteiger partial charge in [-0.3, -0.25) is 4.40 Å². The number of halogens is 3. The summed E-state index contributed by atoms with van der Waals surface area (Å²) in [4.78, 5) is 3.91. The second-order valence-electron chi connectivity index (χ2n) is 4.60. The SMILES string of the molecule is Cc1ccc(-c2nnc(N)n3cncc23)c(OC(F)(F)F)c1. The molecule has 3 rings (SSSR count). The van der Waals surface area contributed by atoms with Gasteiger partial charge in [-0.2, -0.15) is 0 Å². The van der Waals surface area contributed by atoms with Gasteiger partial charge in [0.25, 0.3) is 0 Å². The summed E-state index contributed by atoms with van der Waals surface area (Å²) < 4.78 is 43.3. The Morgan fingerprint density at radius 3 is 2.73 bits per heavy atom. The lowest BCUT2D eigenvalue weighted by atomic mass is 10.1. The Morgan fingerprint density at radius 2 is 2.00 bits per heavy atom. The van der Waals surface area contributed by atoms with Gasteiger partial charge >= 0.3 is 6.36 Å². The maximum absolute atomic E-state index is 12.6. The predicted molar refractivity (Wildman–Crippen MR) is 72.1 cm³/mol. The maximum Gasteiger partial charge on any atom is 0.573 e. The van der Waals surface area contributed by atoms with E-state index in [0.717, 1.165) is 0 Å². The summed E-state index contributed by atoms with van der Waals surface area (Å²) in [6, 6.07) is 4.43. The van der Waals surface area contributed by atoms with Gasteiger partial charge in [-0.15, -0.1) is 23.4 Å². The van der Waals surface area contributed by atoms with Crippen molar-refractivity contribution in [3.63, 3.8) is 0 Å². The van der Waals surface area contributed by atoms with Crippen LogP contribution in [0.4, 0.5) is 19.1 Å². The highest BCUT2D eigenvalue weighted by Gasteiger charge is 2.32. The summed E-state index contributed by atoms with van der Waals surface area (Å²) in [6.07, 6.45) is -1.96. The highest BCUT2D eigenvalue weighted by atomic mass is 19.4. The summed E-state index contributed by atoms with van der Waals surface area (Å²) in [6.45, 7) is 1.66. The number of nitrogen functional groups attached to an aromatic ring is 1. The summed E-state index contributed by atoms with van der Waals surface area (Å²) in [5.41, 5.74) is 7.06. The molecule has 114 valence electrons. The number of alkyl halides is 3. The molecule has 0 fully saturated rings. The van der Waals surface area contributed by atoms with Gasteiger partial charge in [0, 0.05) is 5.56 Å². The summed E-state index contributed by atoms with van der Waals surface area (Å²) in [7, 11) is 0. The predicted octanol–water partition coefficient (Wildman–Crippen LogP) is 2.58. The van der Waals surface area contributed by atoms with Crippen LogP contribution < -0.4 is 10.5 Å². The van der Waals surface area contributed by atoms with Crippen molar-refractivity contribution >= 4 is 11.5 Å². The molecule has 0 amide bonds. The zero-order chi connectivity index (χ0) is 15.9. The lowest BCUT2D eigenvalue weighted by molar-refractivity contribution is -0.274. The van der Waals surface area contributed by atoms with E-state index in [-0.39, 0.29) is 23.0 Å². The Morgan fingerprint density at radius 1 is 1.23 bits per heavy atom. The second kappa shape index (κ2) is 4.86. The fourth-order valence-corrected chi connectivity index (χ4v) is 2.08. The minimum absolute atomic E-state index is 0.0849. The van der Waals surface area contributed by atoms with E-state index in [1.165, 1.54) is 29.1 Å². The molecule has 3 aromatic rings. The fourth-order valence-electron chi connectivity index (χ4n) is 2.08. The minimum atomic E-state index is -4.81. The van der Waals surface area contributed by atoms with Crippen molar-refractivity contribution in [2.24, 2.45) is 0 Å². The number of fused-ring (bicyclic) bond motifs is 1. The van der Waals surface area contributed by atoms with Crippen molar-refractivity contribution in [3.05, 3.63) is 36.3 Å². The van der Waals surface area contributed by atoms with Gasteiger partial charge in [0.1, 0.15) is 17.8 Å². The van der Waals surface area contributed by atoms with Gasteiger partial charge in [-0.05, 0) is 24.6 Å². The van der Waals surface area contributed by atoms with Crippen molar-refractivity contribution in [1.82, 2.24) is 19.6 Å². The Bertz CT molecular complexity index is 843. The van der Waals surface area contributed by atoms with Crippen LogP contribution in [0.15, 0.2) is 30.7 Å². The molecule has 0 bridgehead atoms. The van der Waals surface area contributed by atoms with Gasteiger partial charge in [-0.1, -0.05) is 6.07 Å². The smallest absolute Gasteiger partial charge is 0.405 e.